The summed E-state index contributed by atoms with van der Waals surface area (Å²) in [4.78, 5) is 10.7. The fourth-order valence-corrected chi connectivity index (χ4v) is 2.25. The minimum atomic E-state index is -0.367. The van der Waals surface area contributed by atoms with Crippen molar-refractivity contribution in [2.45, 2.75) is 19.6 Å². The average Bonchev–Trinajstić information content (AvgIpc) is 2.64. The maximum Gasteiger partial charge on any atom is 0.191 e. The van der Waals surface area contributed by atoms with Gasteiger partial charge in [0.05, 0.1) is 18.8 Å². The Bertz CT molecular complexity index is 735. The molecule has 1 atom stereocenters. The summed E-state index contributed by atoms with van der Waals surface area (Å²) in [5, 5.41) is 6.38. The molecule has 0 aliphatic carbocycles. The molecule has 1 unspecified atom stereocenters. The van der Waals surface area contributed by atoms with Crippen LogP contribution in [-0.2, 0) is 6.54 Å². The van der Waals surface area contributed by atoms with Crippen LogP contribution in [0, 0.1) is 5.82 Å². The lowest BCUT2D eigenvalue weighted by atomic mass is 10.3. The molecule has 0 aliphatic heterocycles. The lowest BCUT2D eigenvalue weighted by Crippen LogP contribution is -2.41. The average molecular weight is 359 g/mol. The molecule has 1 aromatic carbocycles. The number of aliphatic imine (C=N–C) groups is 1. The first-order chi connectivity index (χ1) is 12.5. The zero-order valence-electron chi connectivity index (χ0n) is 15.7. The molecule has 7 heteroatoms. The van der Waals surface area contributed by atoms with Crippen molar-refractivity contribution in [2.24, 2.45) is 4.99 Å². The fraction of sp³-hybridized carbons (Fsp3) is 0.368. The first-order valence-electron chi connectivity index (χ1n) is 8.48. The van der Waals surface area contributed by atoms with E-state index < -0.39 is 0 Å². The van der Waals surface area contributed by atoms with Crippen LogP contribution in [0.15, 0.2) is 47.5 Å². The summed E-state index contributed by atoms with van der Waals surface area (Å²) in [6.07, 6.45) is -0.222. The third-order valence-electron chi connectivity index (χ3n) is 3.63. The Morgan fingerprint density at radius 3 is 2.65 bits per heavy atom. The van der Waals surface area contributed by atoms with E-state index in [2.05, 4.69) is 20.6 Å². The third-order valence-corrected chi connectivity index (χ3v) is 3.63. The van der Waals surface area contributed by atoms with Gasteiger partial charge in [0.1, 0.15) is 11.9 Å². The van der Waals surface area contributed by atoms with Gasteiger partial charge in [-0.2, -0.15) is 0 Å². The molecule has 1 aromatic heterocycles. The fourth-order valence-electron chi connectivity index (χ4n) is 2.25. The van der Waals surface area contributed by atoms with Crippen LogP contribution in [0.2, 0.25) is 0 Å². The van der Waals surface area contributed by atoms with E-state index in [4.69, 9.17) is 4.74 Å². The smallest absolute Gasteiger partial charge is 0.191 e. The molecule has 2 aromatic rings. The van der Waals surface area contributed by atoms with Gasteiger partial charge in [0.15, 0.2) is 17.5 Å². The van der Waals surface area contributed by atoms with E-state index in [0.717, 1.165) is 11.5 Å². The second-order valence-electron chi connectivity index (χ2n) is 6.05. The zero-order valence-corrected chi connectivity index (χ0v) is 15.7. The highest BCUT2D eigenvalue weighted by Gasteiger charge is 2.09. The van der Waals surface area contributed by atoms with Crippen LogP contribution in [-0.4, -0.2) is 44.7 Å². The molecule has 0 aliphatic rings. The SMILES string of the molecule is CN=C(NCc1cccc(N(C)C)n1)NCC(C)Oc1ccccc1F. The number of anilines is 1. The molecule has 0 amide bonds. The highest BCUT2D eigenvalue weighted by atomic mass is 19.1. The quantitative estimate of drug-likeness (QED) is 0.587. The number of nitrogens with one attached hydrogen (secondary N) is 2. The molecule has 0 radical (unpaired) electrons. The highest BCUT2D eigenvalue weighted by Crippen LogP contribution is 2.16. The number of hydrogen-bond acceptors (Lipinski definition) is 4. The number of rotatable bonds is 7. The van der Waals surface area contributed by atoms with Gasteiger partial charge in [-0.15, -0.1) is 0 Å². The molecular weight excluding hydrogens is 333 g/mol. The molecule has 0 spiro atoms. The molecule has 6 nitrogen and oxygen atoms in total. The maximum absolute atomic E-state index is 13.6. The summed E-state index contributed by atoms with van der Waals surface area (Å²) in [7, 11) is 5.61. The molecular formula is C19H26FN5O. The lowest BCUT2D eigenvalue weighted by Gasteiger charge is -2.18. The highest BCUT2D eigenvalue weighted by molar-refractivity contribution is 5.79. The van der Waals surface area contributed by atoms with Crippen molar-refractivity contribution >= 4 is 11.8 Å². The maximum atomic E-state index is 13.6. The van der Waals surface area contributed by atoms with E-state index in [1.54, 1.807) is 25.2 Å². The Balaban J connectivity index is 1.82. The normalized spacial score (nSPS) is 12.4. The number of aromatic nitrogens is 1. The van der Waals surface area contributed by atoms with Crippen molar-refractivity contribution < 1.29 is 9.13 Å². The topological polar surface area (TPSA) is 61.8 Å². The number of pyridine rings is 1. The molecule has 0 saturated heterocycles. The number of benzene rings is 1. The Morgan fingerprint density at radius 2 is 1.96 bits per heavy atom. The number of nitrogens with zero attached hydrogens (tertiary/aromatic N) is 3. The van der Waals surface area contributed by atoms with Crippen LogP contribution in [0.3, 0.4) is 0 Å². The molecule has 2 rings (SSSR count). The van der Waals surface area contributed by atoms with Crippen molar-refractivity contribution in [3.05, 3.63) is 54.0 Å². The molecule has 26 heavy (non-hydrogen) atoms. The van der Waals surface area contributed by atoms with Crippen LogP contribution >= 0.6 is 0 Å². The second kappa shape index (κ2) is 9.60. The van der Waals surface area contributed by atoms with Gasteiger partial charge < -0.3 is 20.3 Å². The minimum Gasteiger partial charge on any atom is -0.486 e. The van der Waals surface area contributed by atoms with Crippen molar-refractivity contribution in [1.29, 1.82) is 0 Å². The van der Waals surface area contributed by atoms with Gasteiger partial charge in [-0.3, -0.25) is 4.99 Å². The van der Waals surface area contributed by atoms with Crippen LogP contribution in [0.25, 0.3) is 0 Å². The third kappa shape index (κ3) is 5.91. The van der Waals surface area contributed by atoms with Crippen LogP contribution in [0.5, 0.6) is 5.75 Å². The largest absolute Gasteiger partial charge is 0.486 e. The van der Waals surface area contributed by atoms with Gasteiger partial charge in [-0.05, 0) is 31.2 Å². The zero-order chi connectivity index (χ0) is 18.9. The summed E-state index contributed by atoms with van der Waals surface area (Å²) in [5.41, 5.74) is 0.912. The Morgan fingerprint density at radius 1 is 1.19 bits per heavy atom. The second-order valence-corrected chi connectivity index (χ2v) is 6.05. The molecule has 2 N–H and O–H groups in total. The predicted molar refractivity (Wildman–Crippen MR) is 103 cm³/mol. The monoisotopic (exact) mass is 359 g/mol. The molecule has 1 heterocycles. The van der Waals surface area contributed by atoms with Gasteiger partial charge in [0.25, 0.3) is 0 Å². The van der Waals surface area contributed by atoms with Gasteiger partial charge in [0, 0.05) is 21.1 Å². The number of ether oxygens (including phenoxy) is 1. The van der Waals surface area contributed by atoms with Gasteiger partial charge in [0.2, 0.25) is 0 Å². The summed E-state index contributed by atoms with van der Waals surface area (Å²) in [6, 6.07) is 12.3. The van der Waals surface area contributed by atoms with Crippen molar-refractivity contribution in [1.82, 2.24) is 15.6 Å². The Labute approximate surface area is 154 Å². The van der Waals surface area contributed by atoms with Crippen LogP contribution < -0.4 is 20.3 Å². The summed E-state index contributed by atoms with van der Waals surface area (Å²) < 4.78 is 19.2. The first kappa shape index (κ1) is 19.5. The van der Waals surface area contributed by atoms with Gasteiger partial charge >= 0.3 is 0 Å². The lowest BCUT2D eigenvalue weighted by molar-refractivity contribution is 0.214. The molecule has 0 fully saturated rings. The molecule has 140 valence electrons. The van der Waals surface area contributed by atoms with E-state index in [1.807, 2.05) is 44.1 Å². The minimum absolute atomic E-state index is 0.222. The van der Waals surface area contributed by atoms with Crippen molar-refractivity contribution in [3.63, 3.8) is 0 Å². The Kier molecular flexibility index (Phi) is 7.20. The van der Waals surface area contributed by atoms with E-state index in [0.29, 0.717) is 19.0 Å². The van der Waals surface area contributed by atoms with Crippen molar-refractivity contribution in [2.75, 3.05) is 32.6 Å². The summed E-state index contributed by atoms with van der Waals surface area (Å²) in [5.74, 6) is 1.41. The van der Waals surface area contributed by atoms with E-state index >= 15 is 0 Å². The van der Waals surface area contributed by atoms with Gasteiger partial charge in [-0.1, -0.05) is 18.2 Å². The summed E-state index contributed by atoms with van der Waals surface area (Å²) in [6.45, 7) is 2.90. The standard InChI is InChI=1S/C19H26FN5O/c1-14(26-17-10-6-5-9-16(17)20)12-22-19(21-2)23-13-15-8-7-11-18(24-15)25(3)4/h5-11,14H,12-13H2,1-4H3,(H2,21,22,23). The van der Waals surface area contributed by atoms with Crippen LogP contribution in [0.4, 0.5) is 10.2 Å². The first-order valence-corrected chi connectivity index (χ1v) is 8.48. The molecule has 0 bridgehead atoms. The summed E-state index contributed by atoms with van der Waals surface area (Å²) >= 11 is 0. The number of para-hydroxylation sites is 1. The number of hydrogen-bond donors (Lipinski definition) is 2. The van der Waals surface area contributed by atoms with E-state index in [-0.39, 0.29) is 17.7 Å². The Hall–Kier alpha value is -2.83. The van der Waals surface area contributed by atoms with Crippen LogP contribution in [0.1, 0.15) is 12.6 Å². The van der Waals surface area contributed by atoms with E-state index in [9.17, 15) is 4.39 Å². The van der Waals surface area contributed by atoms with Gasteiger partial charge in [-0.25, -0.2) is 9.37 Å². The van der Waals surface area contributed by atoms with E-state index in [1.165, 1.54) is 6.07 Å². The number of halogens is 1. The number of guanidine groups is 1. The predicted octanol–water partition coefficient (Wildman–Crippen LogP) is 2.42. The van der Waals surface area contributed by atoms with Crippen molar-refractivity contribution in [3.8, 4) is 5.75 Å². The molecule has 0 saturated carbocycles.